The molecule has 2 N–H and O–H groups in total. The van der Waals surface area contributed by atoms with E-state index in [1.165, 1.54) is 12.1 Å². The quantitative estimate of drug-likeness (QED) is 0.849. The maximum absolute atomic E-state index is 13.0. The lowest BCUT2D eigenvalue weighted by Crippen LogP contribution is -2.24. The molecular weight excluding hydrogens is 255 g/mol. The van der Waals surface area contributed by atoms with Crippen LogP contribution in [0, 0.1) is 5.82 Å². The highest BCUT2D eigenvalue weighted by Gasteiger charge is 2.01. The van der Waals surface area contributed by atoms with Crippen molar-refractivity contribution in [3.63, 3.8) is 0 Å². The third kappa shape index (κ3) is 4.72. The first-order valence-electron chi connectivity index (χ1n) is 6.54. The average Bonchev–Trinajstić information content (AvgIpc) is 2.46. The van der Waals surface area contributed by atoms with Gasteiger partial charge in [0.05, 0.1) is 0 Å². The van der Waals surface area contributed by atoms with Gasteiger partial charge in [0.1, 0.15) is 5.82 Å². The summed E-state index contributed by atoms with van der Waals surface area (Å²) in [6.45, 7) is 0.918. The van der Waals surface area contributed by atoms with Crippen LogP contribution in [0.3, 0.4) is 0 Å². The van der Waals surface area contributed by atoms with Crippen molar-refractivity contribution in [3.05, 3.63) is 66.0 Å². The van der Waals surface area contributed by atoms with Crippen LogP contribution in [0.4, 0.5) is 10.1 Å². The second-order valence-corrected chi connectivity index (χ2v) is 4.45. The minimum atomic E-state index is -0.289. The van der Waals surface area contributed by atoms with Gasteiger partial charge in [-0.3, -0.25) is 4.79 Å². The summed E-state index contributed by atoms with van der Waals surface area (Å²) in [5.41, 5.74) is 1.75. The Morgan fingerprint density at radius 2 is 1.85 bits per heavy atom. The van der Waals surface area contributed by atoms with E-state index in [1.807, 2.05) is 30.3 Å². The molecule has 2 rings (SSSR count). The van der Waals surface area contributed by atoms with Crippen molar-refractivity contribution in [2.45, 2.75) is 13.0 Å². The fourth-order valence-electron chi connectivity index (χ4n) is 1.81. The van der Waals surface area contributed by atoms with Gasteiger partial charge in [0.15, 0.2) is 0 Å². The summed E-state index contributed by atoms with van der Waals surface area (Å²) in [5.74, 6) is -0.347. The van der Waals surface area contributed by atoms with E-state index in [-0.39, 0.29) is 11.7 Å². The first-order chi connectivity index (χ1) is 9.74. The molecule has 0 saturated heterocycles. The number of halogens is 1. The minimum absolute atomic E-state index is 0.0577. The van der Waals surface area contributed by atoms with Crippen LogP contribution in [0.25, 0.3) is 0 Å². The number of amides is 1. The third-order valence-corrected chi connectivity index (χ3v) is 2.83. The van der Waals surface area contributed by atoms with Crippen LogP contribution in [-0.4, -0.2) is 12.5 Å². The Balaban J connectivity index is 1.68. The molecule has 1 amide bonds. The molecule has 0 bridgehead atoms. The van der Waals surface area contributed by atoms with Gasteiger partial charge in [0.2, 0.25) is 5.91 Å². The molecule has 0 aliphatic carbocycles. The van der Waals surface area contributed by atoms with E-state index >= 15 is 0 Å². The van der Waals surface area contributed by atoms with E-state index in [9.17, 15) is 9.18 Å². The Morgan fingerprint density at radius 1 is 1.05 bits per heavy atom. The molecule has 2 aromatic rings. The standard InChI is InChI=1S/C16H17FN2O/c17-14-6-4-5-13(11-14)12-19-16(20)9-10-18-15-7-2-1-3-8-15/h1-8,11,18H,9-10,12H2,(H,19,20). The van der Waals surface area contributed by atoms with E-state index in [1.54, 1.807) is 12.1 Å². The van der Waals surface area contributed by atoms with Crippen LogP contribution < -0.4 is 10.6 Å². The number of nitrogens with one attached hydrogen (secondary N) is 2. The average molecular weight is 272 g/mol. The Bertz CT molecular complexity index is 557. The predicted molar refractivity (Wildman–Crippen MR) is 77.8 cm³/mol. The van der Waals surface area contributed by atoms with E-state index in [0.717, 1.165) is 11.3 Å². The predicted octanol–water partition coefficient (Wildman–Crippen LogP) is 2.94. The number of benzene rings is 2. The molecule has 0 aliphatic heterocycles. The van der Waals surface area contributed by atoms with Crippen molar-refractivity contribution in [1.29, 1.82) is 0 Å². The Labute approximate surface area is 117 Å². The highest BCUT2D eigenvalue weighted by atomic mass is 19.1. The van der Waals surface area contributed by atoms with Gasteiger partial charge in [-0.15, -0.1) is 0 Å². The Hall–Kier alpha value is -2.36. The molecule has 2 aromatic carbocycles. The lowest BCUT2D eigenvalue weighted by atomic mass is 10.2. The SMILES string of the molecule is O=C(CCNc1ccccc1)NCc1cccc(F)c1. The smallest absolute Gasteiger partial charge is 0.222 e. The zero-order valence-corrected chi connectivity index (χ0v) is 11.1. The molecule has 0 aromatic heterocycles. The molecule has 0 saturated carbocycles. The lowest BCUT2D eigenvalue weighted by molar-refractivity contribution is -0.121. The number of rotatable bonds is 6. The lowest BCUT2D eigenvalue weighted by Gasteiger charge is -2.07. The first-order valence-corrected chi connectivity index (χ1v) is 6.54. The fraction of sp³-hybridized carbons (Fsp3) is 0.188. The van der Waals surface area contributed by atoms with Gasteiger partial charge in [-0.2, -0.15) is 0 Å². The van der Waals surface area contributed by atoms with Crippen molar-refractivity contribution < 1.29 is 9.18 Å². The van der Waals surface area contributed by atoms with Crippen LogP contribution in [0.5, 0.6) is 0 Å². The summed E-state index contributed by atoms with van der Waals surface area (Å²) in [6, 6.07) is 15.9. The maximum Gasteiger partial charge on any atom is 0.222 e. The monoisotopic (exact) mass is 272 g/mol. The number of hydrogen-bond donors (Lipinski definition) is 2. The molecule has 0 atom stereocenters. The molecule has 104 valence electrons. The first kappa shape index (κ1) is 14.1. The summed E-state index contributed by atoms with van der Waals surface area (Å²) in [6.07, 6.45) is 0.379. The van der Waals surface area contributed by atoms with Gasteiger partial charge >= 0.3 is 0 Å². The summed E-state index contributed by atoms with van der Waals surface area (Å²) >= 11 is 0. The summed E-state index contributed by atoms with van der Waals surface area (Å²) in [7, 11) is 0. The molecule has 0 unspecified atom stereocenters. The van der Waals surface area contributed by atoms with Gasteiger partial charge in [-0.05, 0) is 29.8 Å². The van der Waals surface area contributed by atoms with E-state index < -0.39 is 0 Å². The number of carbonyl (C=O) groups excluding carboxylic acids is 1. The van der Waals surface area contributed by atoms with Crippen molar-refractivity contribution in [2.75, 3.05) is 11.9 Å². The maximum atomic E-state index is 13.0. The number of anilines is 1. The molecular formula is C16H17FN2O. The van der Waals surface area contributed by atoms with Gasteiger partial charge in [-0.1, -0.05) is 30.3 Å². The molecule has 0 aliphatic rings. The zero-order valence-electron chi connectivity index (χ0n) is 11.1. The highest BCUT2D eigenvalue weighted by molar-refractivity contribution is 5.76. The van der Waals surface area contributed by atoms with Crippen LogP contribution in [0.15, 0.2) is 54.6 Å². The van der Waals surface area contributed by atoms with Gasteiger partial charge in [-0.25, -0.2) is 4.39 Å². The van der Waals surface area contributed by atoms with E-state index in [2.05, 4.69) is 10.6 Å². The fourth-order valence-corrected chi connectivity index (χ4v) is 1.81. The largest absolute Gasteiger partial charge is 0.385 e. The molecule has 0 fully saturated rings. The zero-order chi connectivity index (χ0) is 14.2. The summed E-state index contributed by atoms with van der Waals surface area (Å²) < 4.78 is 13.0. The van der Waals surface area contributed by atoms with Crippen molar-refractivity contribution in [3.8, 4) is 0 Å². The molecule has 20 heavy (non-hydrogen) atoms. The topological polar surface area (TPSA) is 41.1 Å². The molecule has 4 heteroatoms. The van der Waals surface area contributed by atoms with Crippen LogP contribution >= 0.6 is 0 Å². The van der Waals surface area contributed by atoms with Crippen LogP contribution in [0.1, 0.15) is 12.0 Å². The minimum Gasteiger partial charge on any atom is -0.385 e. The van der Waals surface area contributed by atoms with Crippen LogP contribution in [-0.2, 0) is 11.3 Å². The number of hydrogen-bond acceptors (Lipinski definition) is 2. The molecule has 3 nitrogen and oxygen atoms in total. The van der Waals surface area contributed by atoms with Gasteiger partial charge in [0, 0.05) is 25.2 Å². The summed E-state index contributed by atoms with van der Waals surface area (Å²) in [5, 5.41) is 5.93. The van der Waals surface area contributed by atoms with Gasteiger partial charge < -0.3 is 10.6 Å². The Kier molecular flexibility index (Phi) is 5.12. The second kappa shape index (κ2) is 7.28. The van der Waals surface area contributed by atoms with E-state index in [0.29, 0.717) is 19.5 Å². The van der Waals surface area contributed by atoms with E-state index in [4.69, 9.17) is 0 Å². The number of para-hydroxylation sites is 1. The van der Waals surface area contributed by atoms with Gasteiger partial charge in [0.25, 0.3) is 0 Å². The normalized spacial score (nSPS) is 10.1. The van der Waals surface area contributed by atoms with Crippen molar-refractivity contribution >= 4 is 11.6 Å². The molecule has 0 heterocycles. The second-order valence-electron chi connectivity index (χ2n) is 4.45. The number of carbonyl (C=O) groups is 1. The highest BCUT2D eigenvalue weighted by Crippen LogP contribution is 2.05. The van der Waals surface area contributed by atoms with Crippen molar-refractivity contribution in [1.82, 2.24) is 5.32 Å². The van der Waals surface area contributed by atoms with Crippen molar-refractivity contribution in [2.24, 2.45) is 0 Å². The summed E-state index contributed by atoms with van der Waals surface area (Å²) in [4.78, 5) is 11.6. The van der Waals surface area contributed by atoms with Crippen LogP contribution in [0.2, 0.25) is 0 Å². The Morgan fingerprint density at radius 3 is 2.60 bits per heavy atom. The molecule has 0 radical (unpaired) electrons. The third-order valence-electron chi connectivity index (χ3n) is 2.83. The molecule has 0 spiro atoms.